The lowest BCUT2D eigenvalue weighted by atomic mass is 10.1. The van der Waals surface area contributed by atoms with Crippen LogP contribution >= 0.6 is 23.4 Å². The normalized spacial score (nSPS) is 18.3. The molecule has 2 aromatic rings. The summed E-state index contributed by atoms with van der Waals surface area (Å²) in [5.41, 5.74) is 2.26. The Kier molecular flexibility index (Phi) is 6.16. The molecular weight excluding hydrogens is 432 g/mol. The Morgan fingerprint density at radius 2 is 1.90 bits per heavy atom. The largest absolute Gasteiger partial charge is 0.325 e. The van der Waals surface area contributed by atoms with Crippen molar-refractivity contribution >= 4 is 57.6 Å². The van der Waals surface area contributed by atoms with Gasteiger partial charge in [0.2, 0.25) is 5.91 Å². The number of nitrogens with one attached hydrogen (secondary N) is 1. The van der Waals surface area contributed by atoms with Crippen LogP contribution in [-0.2, 0) is 9.59 Å². The monoisotopic (exact) mass is 454 g/mol. The first-order chi connectivity index (χ1) is 14.9. The molecule has 2 amide bonds. The second kappa shape index (κ2) is 8.85. The van der Waals surface area contributed by atoms with E-state index in [4.69, 9.17) is 21.6 Å². The summed E-state index contributed by atoms with van der Waals surface area (Å²) in [6, 6.07) is 14.2. The fraction of sp³-hybridized carbons (Fsp3) is 0.304. The minimum absolute atomic E-state index is 0.0687. The molecule has 2 aliphatic heterocycles. The van der Waals surface area contributed by atoms with Gasteiger partial charge in [0, 0.05) is 16.3 Å². The number of aliphatic imine (C=N–C) groups is 2. The first kappa shape index (κ1) is 21.6. The third kappa shape index (κ3) is 4.25. The van der Waals surface area contributed by atoms with Crippen LogP contribution < -0.4 is 5.32 Å². The van der Waals surface area contributed by atoms with Crippen LogP contribution in [0.15, 0.2) is 58.5 Å². The Morgan fingerprint density at radius 1 is 1.19 bits per heavy atom. The molecule has 0 saturated carbocycles. The number of para-hydroxylation sites is 1. The standard InChI is InChI=1S/C23H23ClN4O2S/c1-4-18(21(29)25-15-11-9-14(24)10-12-15)31-23-26-17-8-6-5-7-16(17)20-27-19(13(2)3)22(30)28(20)23/h5-13,18-19H,4H2,1-3H3,(H,25,29)/t18-,19+/m1/s1. The molecular formula is C23H23ClN4O2S. The van der Waals surface area contributed by atoms with E-state index in [9.17, 15) is 9.59 Å². The van der Waals surface area contributed by atoms with Gasteiger partial charge in [0.25, 0.3) is 5.91 Å². The second-order valence-corrected chi connectivity index (χ2v) is 9.34. The zero-order chi connectivity index (χ0) is 22.1. The Bertz CT molecular complexity index is 1080. The van der Waals surface area contributed by atoms with Crippen LogP contribution in [0.4, 0.5) is 11.4 Å². The van der Waals surface area contributed by atoms with Gasteiger partial charge in [0.15, 0.2) is 5.17 Å². The summed E-state index contributed by atoms with van der Waals surface area (Å²) in [6.07, 6.45) is 0.576. The molecule has 2 atom stereocenters. The lowest BCUT2D eigenvalue weighted by Gasteiger charge is -2.27. The number of nitrogens with zero attached hydrogens (tertiary/aromatic N) is 3. The maximum Gasteiger partial charge on any atom is 0.259 e. The molecule has 160 valence electrons. The maximum atomic E-state index is 13.2. The van der Waals surface area contributed by atoms with Crippen LogP contribution in [0, 0.1) is 5.92 Å². The van der Waals surface area contributed by atoms with Crippen LogP contribution in [-0.4, -0.2) is 39.0 Å². The third-order valence-electron chi connectivity index (χ3n) is 5.15. The zero-order valence-corrected chi connectivity index (χ0v) is 19.1. The molecule has 0 spiro atoms. The van der Waals surface area contributed by atoms with Crippen molar-refractivity contribution in [3.63, 3.8) is 0 Å². The molecule has 0 saturated heterocycles. The summed E-state index contributed by atoms with van der Waals surface area (Å²) in [5, 5.41) is 3.59. The van der Waals surface area contributed by atoms with Gasteiger partial charge in [0.05, 0.1) is 10.9 Å². The summed E-state index contributed by atoms with van der Waals surface area (Å²) < 4.78 is 0. The van der Waals surface area contributed by atoms with E-state index >= 15 is 0 Å². The van der Waals surface area contributed by atoms with E-state index in [2.05, 4.69) is 5.32 Å². The number of fused-ring (bicyclic) bond motifs is 3. The van der Waals surface area contributed by atoms with Gasteiger partial charge >= 0.3 is 0 Å². The minimum atomic E-state index is -0.449. The van der Waals surface area contributed by atoms with E-state index < -0.39 is 11.3 Å². The lowest BCUT2D eigenvalue weighted by Crippen LogP contribution is -2.43. The van der Waals surface area contributed by atoms with Crippen LogP contribution in [0.25, 0.3) is 0 Å². The quantitative estimate of drug-likeness (QED) is 0.682. The highest BCUT2D eigenvalue weighted by Crippen LogP contribution is 2.36. The van der Waals surface area contributed by atoms with Crippen molar-refractivity contribution in [2.75, 3.05) is 5.32 Å². The van der Waals surface area contributed by atoms with Crippen molar-refractivity contribution in [2.45, 2.75) is 38.5 Å². The number of carbonyl (C=O) groups excluding carboxylic acids is 2. The topological polar surface area (TPSA) is 74.1 Å². The van der Waals surface area contributed by atoms with Crippen LogP contribution in [0.5, 0.6) is 0 Å². The number of amides is 2. The van der Waals surface area contributed by atoms with Crippen molar-refractivity contribution in [1.82, 2.24) is 4.90 Å². The zero-order valence-electron chi connectivity index (χ0n) is 17.5. The molecule has 31 heavy (non-hydrogen) atoms. The fourth-order valence-electron chi connectivity index (χ4n) is 3.49. The number of anilines is 1. The predicted molar refractivity (Wildman–Crippen MR) is 127 cm³/mol. The molecule has 8 heteroatoms. The van der Waals surface area contributed by atoms with Gasteiger partial charge < -0.3 is 5.32 Å². The van der Waals surface area contributed by atoms with Crippen molar-refractivity contribution in [1.29, 1.82) is 0 Å². The van der Waals surface area contributed by atoms with Crippen molar-refractivity contribution in [3.05, 3.63) is 59.1 Å². The van der Waals surface area contributed by atoms with E-state index in [0.717, 1.165) is 11.3 Å². The molecule has 2 heterocycles. The van der Waals surface area contributed by atoms with Crippen LogP contribution in [0.2, 0.25) is 5.02 Å². The van der Waals surface area contributed by atoms with E-state index in [1.165, 1.54) is 11.8 Å². The van der Waals surface area contributed by atoms with Gasteiger partial charge in [0.1, 0.15) is 11.9 Å². The summed E-state index contributed by atoms with van der Waals surface area (Å²) in [5.74, 6) is 0.435. The van der Waals surface area contributed by atoms with E-state index in [1.54, 1.807) is 29.2 Å². The molecule has 2 aliphatic rings. The molecule has 6 nitrogen and oxygen atoms in total. The molecule has 0 aliphatic carbocycles. The van der Waals surface area contributed by atoms with Gasteiger partial charge in [-0.25, -0.2) is 9.89 Å². The van der Waals surface area contributed by atoms with Gasteiger partial charge in [-0.3, -0.25) is 14.6 Å². The number of amidine groups is 2. The molecule has 0 bridgehead atoms. The molecule has 2 aromatic carbocycles. The Labute approximate surface area is 190 Å². The van der Waals surface area contributed by atoms with Crippen LogP contribution in [0.1, 0.15) is 32.8 Å². The highest BCUT2D eigenvalue weighted by molar-refractivity contribution is 8.15. The predicted octanol–water partition coefficient (Wildman–Crippen LogP) is 5.11. The number of thioether (sulfide) groups is 1. The number of hydrogen-bond donors (Lipinski definition) is 1. The van der Waals surface area contributed by atoms with Crippen molar-refractivity contribution in [2.24, 2.45) is 15.9 Å². The SMILES string of the molecule is CC[C@@H](SC1=Nc2ccccc2C2=N[C@@H](C(C)C)C(=O)N12)C(=O)Nc1ccc(Cl)cc1. The molecule has 4 rings (SSSR count). The van der Waals surface area contributed by atoms with E-state index in [0.29, 0.717) is 28.1 Å². The van der Waals surface area contributed by atoms with Gasteiger partial charge in [-0.2, -0.15) is 0 Å². The molecule has 0 aromatic heterocycles. The average molecular weight is 455 g/mol. The molecule has 0 unspecified atom stereocenters. The van der Waals surface area contributed by atoms with Gasteiger partial charge in [-0.15, -0.1) is 0 Å². The molecule has 0 radical (unpaired) electrons. The summed E-state index contributed by atoms with van der Waals surface area (Å²) >= 11 is 7.22. The fourth-order valence-corrected chi connectivity index (χ4v) is 4.63. The maximum absolute atomic E-state index is 13.2. The highest BCUT2D eigenvalue weighted by atomic mass is 35.5. The van der Waals surface area contributed by atoms with Crippen LogP contribution in [0.3, 0.4) is 0 Å². The average Bonchev–Trinajstić information content (AvgIpc) is 3.11. The number of benzene rings is 2. The number of hydrogen-bond acceptors (Lipinski definition) is 5. The first-order valence-electron chi connectivity index (χ1n) is 10.2. The van der Waals surface area contributed by atoms with Gasteiger partial charge in [-0.05, 0) is 48.7 Å². The Hall–Kier alpha value is -2.64. The second-order valence-electron chi connectivity index (χ2n) is 7.74. The minimum Gasteiger partial charge on any atom is -0.325 e. The molecule has 0 fully saturated rings. The first-order valence-corrected chi connectivity index (χ1v) is 11.5. The lowest BCUT2D eigenvalue weighted by molar-refractivity contribution is -0.125. The third-order valence-corrected chi connectivity index (χ3v) is 6.72. The number of halogens is 1. The molecule has 1 N–H and O–H groups in total. The number of rotatable bonds is 5. The van der Waals surface area contributed by atoms with E-state index in [-0.39, 0.29) is 17.7 Å². The Balaban J connectivity index is 1.62. The smallest absolute Gasteiger partial charge is 0.259 e. The van der Waals surface area contributed by atoms with E-state index in [1.807, 2.05) is 45.0 Å². The summed E-state index contributed by atoms with van der Waals surface area (Å²) in [4.78, 5) is 37.1. The van der Waals surface area contributed by atoms with Gasteiger partial charge in [-0.1, -0.05) is 56.3 Å². The summed E-state index contributed by atoms with van der Waals surface area (Å²) in [7, 11) is 0. The highest BCUT2D eigenvalue weighted by Gasteiger charge is 2.43. The summed E-state index contributed by atoms with van der Waals surface area (Å²) in [6.45, 7) is 5.90. The number of carbonyl (C=O) groups is 2. The Morgan fingerprint density at radius 3 is 2.58 bits per heavy atom. The van der Waals surface area contributed by atoms with Crippen molar-refractivity contribution in [3.8, 4) is 0 Å². The van der Waals surface area contributed by atoms with Crippen molar-refractivity contribution < 1.29 is 9.59 Å².